The fraction of sp³-hybridized carbons (Fsp3) is 0.409. The standard InChI is InChI=1S/C22H26N2O3/c1-24-11-9-17-14-21(25-2)22(26-3)15-19(17)20(24)13-16-5-7-18(8-6-16)27-12-4-10-23/h5-8,14-15,20H,4,9,11-13H2,1-3H3/p+1/t20-/m0/s1. The first-order valence-electron chi connectivity index (χ1n) is 9.32. The Morgan fingerprint density at radius 3 is 2.48 bits per heavy atom. The highest BCUT2D eigenvalue weighted by molar-refractivity contribution is 5.49. The maximum Gasteiger partial charge on any atom is 0.161 e. The lowest BCUT2D eigenvalue weighted by Crippen LogP contribution is -3.10. The van der Waals surface area contributed by atoms with Gasteiger partial charge in [-0.25, -0.2) is 0 Å². The Hall–Kier alpha value is -2.71. The Kier molecular flexibility index (Phi) is 6.20. The Bertz CT molecular complexity index is 812. The van der Waals surface area contributed by atoms with E-state index in [-0.39, 0.29) is 0 Å². The molecule has 2 aromatic carbocycles. The van der Waals surface area contributed by atoms with Crippen molar-refractivity contribution in [3.05, 3.63) is 53.1 Å². The van der Waals surface area contributed by atoms with E-state index in [1.807, 2.05) is 12.1 Å². The monoisotopic (exact) mass is 367 g/mol. The minimum atomic E-state index is 0.374. The molecule has 1 N–H and O–H groups in total. The van der Waals surface area contributed by atoms with Crippen LogP contribution in [-0.4, -0.2) is 34.4 Å². The van der Waals surface area contributed by atoms with E-state index in [9.17, 15) is 0 Å². The van der Waals surface area contributed by atoms with Crippen LogP contribution in [0.3, 0.4) is 0 Å². The van der Waals surface area contributed by atoms with Crippen LogP contribution >= 0.6 is 0 Å². The highest BCUT2D eigenvalue weighted by Crippen LogP contribution is 2.35. The van der Waals surface area contributed by atoms with E-state index in [0.29, 0.717) is 19.1 Å². The van der Waals surface area contributed by atoms with Crippen molar-refractivity contribution in [3.8, 4) is 23.3 Å². The SMILES string of the molecule is COc1cc2c(cc1OC)[C@H](Cc1ccc(OCCC#N)cc1)[NH+](C)CC2. The molecule has 0 fully saturated rings. The van der Waals surface area contributed by atoms with E-state index in [1.165, 1.54) is 21.6 Å². The molecule has 1 aliphatic heterocycles. The number of nitrogens with one attached hydrogen (secondary N) is 1. The van der Waals surface area contributed by atoms with Gasteiger partial charge in [-0.15, -0.1) is 0 Å². The second-order valence-electron chi connectivity index (χ2n) is 6.91. The van der Waals surface area contributed by atoms with E-state index in [4.69, 9.17) is 19.5 Å². The molecule has 2 aromatic rings. The molecule has 1 heterocycles. The second-order valence-corrected chi connectivity index (χ2v) is 6.91. The molecule has 3 rings (SSSR count). The number of hydrogen-bond acceptors (Lipinski definition) is 4. The number of fused-ring (bicyclic) bond motifs is 1. The highest BCUT2D eigenvalue weighted by Gasteiger charge is 2.30. The number of methoxy groups -OCH3 is 2. The summed E-state index contributed by atoms with van der Waals surface area (Å²) in [4.78, 5) is 1.50. The van der Waals surface area contributed by atoms with Crippen molar-refractivity contribution >= 4 is 0 Å². The second kappa shape index (κ2) is 8.79. The number of ether oxygens (including phenoxy) is 3. The van der Waals surface area contributed by atoms with Gasteiger partial charge in [0.25, 0.3) is 0 Å². The van der Waals surface area contributed by atoms with Crippen molar-refractivity contribution in [2.45, 2.75) is 25.3 Å². The van der Waals surface area contributed by atoms with Crippen LogP contribution in [0.5, 0.6) is 17.2 Å². The summed E-state index contributed by atoms with van der Waals surface area (Å²) in [6.07, 6.45) is 2.40. The van der Waals surface area contributed by atoms with E-state index >= 15 is 0 Å². The van der Waals surface area contributed by atoms with Crippen molar-refractivity contribution in [3.63, 3.8) is 0 Å². The maximum absolute atomic E-state index is 8.60. The van der Waals surface area contributed by atoms with Crippen LogP contribution in [0.15, 0.2) is 36.4 Å². The van der Waals surface area contributed by atoms with Gasteiger partial charge in [-0.2, -0.15) is 5.26 Å². The van der Waals surface area contributed by atoms with Crippen molar-refractivity contribution < 1.29 is 19.1 Å². The van der Waals surface area contributed by atoms with Crippen LogP contribution in [0.25, 0.3) is 0 Å². The summed E-state index contributed by atoms with van der Waals surface area (Å²) in [7, 11) is 5.62. The number of benzene rings is 2. The average molecular weight is 367 g/mol. The number of likely N-dealkylation sites (N-methyl/N-ethyl adjacent to an activating group) is 1. The highest BCUT2D eigenvalue weighted by atomic mass is 16.5. The summed E-state index contributed by atoms with van der Waals surface area (Å²) in [6.45, 7) is 1.53. The van der Waals surface area contributed by atoms with Crippen molar-refractivity contribution in [2.24, 2.45) is 0 Å². The first-order valence-corrected chi connectivity index (χ1v) is 9.32. The zero-order valence-corrected chi connectivity index (χ0v) is 16.2. The third-order valence-electron chi connectivity index (χ3n) is 5.25. The Balaban J connectivity index is 1.80. The van der Waals surface area contributed by atoms with Gasteiger partial charge in [0, 0.05) is 18.4 Å². The smallest absolute Gasteiger partial charge is 0.161 e. The summed E-state index contributed by atoms with van der Waals surface area (Å²) >= 11 is 0. The van der Waals surface area contributed by atoms with Crippen LogP contribution in [0.2, 0.25) is 0 Å². The Morgan fingerprint density at radius 2 is 1.81 bits per heavy atom. The summed E-state index contributed by atoms with van der Waals surface area (Å²) in [5.74, 6) is 2.40. The quantitative estimate of drug-likeness (QED) is 0.764. The molecular weight excluding hydrogens is 340 g/mol. The van der Waals surface area contributed by atoms with Gasteiger partial charge >= 0.3 is 0 Å². The van der Waals surface area contributed by atoms with Gasteiger partial charge < -0.3 is 19.1 Å². The Morgan fingerprint density at radius 1 is 1.11 bits per heavy atom. The van der Waals surface area contributed by atoms with Crippen LogP contribution in [0.1, 0.15) is 29.2 Å². The average Bonchev–Trinajstić information content (AvgIpc) is 2.70. The van der Waals surface area contributed by atoms with E-state index in [1.54, 1.807) is 14.2 Å². The first-order chi connectivity index (χ1) is 13.2. The molecule has 0 amide bonds. The number of nitriles is 1. The minimum absolute atomic E-state index is 0.374. The van der Waals surface area contributed by atoms with Crippen LogP contribution < -0.4 is 19.1 Å². The molecule has 0 saturated heterocycles. The number of rotatable bonds is 7. The molecule has 5 heteroatoms. The molecule has 0 spiro atoms. The van der Waals surface area contributed by atoms with Gasteiger partial charge in [0.2, 0.25) is 0 Å². The topological polar surface area (TPSA) is 55.9 Å². The van der Waals surface area contributed by atoms with Crippen LogP contribution in [-0.2, 0) is 12.8 Å². The Labute approximate surface area is 161 Å². The van der Waals surface area contributed by atoms with Crippen molar-refractivity contribution in [1.82, 2.24) is 0 Å². The molecule has 0 aliphatic carbocycles. The molecule has 27 heavy (non-hydrogen) atoms. The fourth-order valence-electron chi connectivity index (χ4n) is 3.71. The number of nitrogens with zero attached hydrogens (tertiary/aromatic N) is 1. The molecular formula is C22H27N2O3+. The molecule has 0 aromatic heterocycles. The first kappa shape index (κ1) is 19.1. The summed E-state index contributed by atoms with van der Waals surface area (Å²) in [6, 6.07) is 14.9. The zero-order valence-electron chi connectivity index (χ0n) is 16.2. The summed E-state index contributed by atoms with van der Waals surface area (Å²) in [5, 5.41) is 8.60. The van der Waals surface area contributed by atoms with Gasteiger partial charge in [-0.3, -0.25) is 0 Å². The lowest BCUT2D eigenvalue weighted by atomic mass is 9.88. The van der Waals surface area contributed by atoms with Crippen molar-refractivity contribution in [1.29, 1.82) is 5.26 Å². The predicted molar refractivity (Wildman–Crippen MR) is 104 cm³/mol. The van der Waals surface area contributed by atoms with E-state index < -0.39 is 0 Å². The number of quaternary nitrogens is 1. The lowest BCUT2D eigenvalue weighted by molar-refractivity contribution is -0.914. The lowest BCUT2D eigenvalue weighted by Gasteiger charge is -2.32. The van der Waals surface area contributed by atoms with Gasteiger partial charge in [-0.05, 0) is 35.4 Å². The normalized spacial score (nSPS) is 18.3. The van der Waals surface area contributed by atoms with Gasteiger partial charge in [-0.1, -0.05) is 12.1 Å². The minimum Gasteiger partial charge on any atom is -0.493 e. The third-order valence-corrected chi connectivity index (χ3v) is 5.25. The zero-order chi connectivity index (χ0) is 19.2. The van der Waals surface area contributed by atoms with E-state index in [2.05, 4.69) is 37.4 Å². The largest absolute Gasteiger partial charge is 0.493 e. The molecule has 1 unspecified atom stereocenters. The molecule has 0 saturated carbocycles. The van der Waals surface area contributed by atoms with Crippen LogP contribution in [0.4, 0.5) is 0 Å². The molecule has 2 atom stereocenters. The molecule has 0 bridgehead atoms. The van der Waals surface area contributed by atoms with Crippen molar-refractivity contribution in [2.75, 3.05) is 34.4 Å². The molecule has 0 radical (unpaired) electrons. The van der Waals surface area contributed by atoms with Gasteiger partial charge in [0.15, 0.2) is 11.5 Å². The van der Waals surface area contributed by atoms with E-state index in [0.717, 1.165) is 36.6 Å². The van der Waals surface area contributed by atoms with Gasteiger partial charge in [0.05, 0.1) is 40.3 Å². The molecule has 142 valence electrons. The maximum atomic E-state index is 8.60. The third kappa shape index (κ3) is 4.35. The number of hydrogen-bond donors (Lipinski definition) is 1. The molecule has 5 nitrogen and oxygen atoms in total. The van der Waals surface area contributed by atoms with Crippen LogP contribution in [0, 0.1) is 11.3 Å². The summed E-state index contributed by atoms with van der Waals surface area (Å²) in [5.41, 5.74) is 3.96. The molecule has 1 aliphatic rings. The predicted octanol–water partition coefficient (Wildman–Crippen LogP) is 2.35. The fourth-order valence-corrected chi connectivity index (χ4v) is 3.71. The summed E-state index contributed by atoms with van der Waals surface area (Å²) < 4.78 is 16.6. The van der Waals surface area contributed by atoms with Gasteiger partial charge in [0.1, 0.15) is 18.4 Å².